The SMILES string of the molecule is O=C(C1=C(O)c2cc(C(F)(F)F)cc(N=C(C(F)(F)F)C(F)(F)F)c2C1)C(F)(C(F)(F)F)C(F)(F)F. The Bertz CT molecular complexity index is 1100. The second-order valence-corrected chi connectivity index (χ2v) is 6.96. The van der Waals surface area contributed by atoms with Gasteiger partial charge in [0.2, 0.25) is 11.5 Å². The number of ketones is 1. The molecular formula is C17H5F16NO2. The van der Waals surface area contributed by atoms with Crippen molar-refractivity contribution >= 4 is 22.9 Å². The van der Waals surface area contributed by atoms with Crippen molar-refractivity contribution in [2.75, 3.05) is 0 Å². The van der Waals surface area contributed by atoms with Gasteiger partial charge in [0.25, 0.3) is 0 Å². The molecule has 1 aliphatic rings. The van der Waals surface area contributed by atoms with Crippen molar-refractivity contribution in [3.8, 4) is 0 Å². The van der Waals surface area contributed by atoms with Crippen LogP contribution in [-0.4, -0.2) is 47.0 Å². The van der Waals surface area contributed by atoms with E-state index < -0.39 is 94.2 Å². The van der Waals surface area contributed by atoms with Gasteiger partial charge in [-0.15, -0.1) is 0 Å². The molecule has 0 amide bonds. The highest BCUT2D eigenvalue weighted by molar-refractivity contribution is 6.10. The standard InChI is InChI=1S/C17H5F16NO2/c18-12(16(28,29)30,17(31,32)33)10(36)7-3-5-6(9(7)35)1-4(13(19,20)21)2-8(5)34-11(14(22,23)24)15(25,26)27/h1-2,35H,3H2. The van der Waals surface area contributed by atoms with Crippen LogP contribution in [0.15, 0.2) is 22.7 Å². The zero-order valence-corrected chi connectivity index (χ0v) is 16.2. The number of nitrogens with zero attached hydrogens (tertiary/aromatic N) is 1. The molecule has 1 aromatic rings. The average molecular weight is 559 g/mol. The Balaban J connectivity index is 2.87. The second kappa shape index (κ2) is 8.25. The molecule has 1 N–H and O–H groups in total. The summed E-state index contributed by atoms with van der Waals surface area (Å²) in [7, 11) is 0. The summed E-state index contributed by atoms with van der Waals surface area (Å²) in [5.41, 5.74) is -19.8. The van der Waals surface area contributed by atoms with E-state index in [1.54, 1.807) is 0 Å². The number of allylic oxidation sites excluding steroid dienone is 1. The van der Waals surface area contributed by atoms with Gasteiger partial charge in [-0.3, -0.25) is 4.79 Å². The van der Waals surface area contributed by atoms with Crippen molar-refractivity contribution in [2.24, 2.45) is 4.99 Å². The molecule has 0 bridgehead atoms. The number of hydrogen-bond acceptors (Lipinski definition) is 3. The molecule has 202 valence electrons. The molecule has 0 aromatic heterocycles. The van der Waals surface area contributed by atoms with Gasteiger partial charge in [-0.25, -0.2) is 9.38 Å². The van der Waals surface area contributed by atoms with Crippen LogP contribution in [0.3, 0.4) is 0 Å². The second-order valence-electron chi connectivity index (χ2n) is 6.96. The van der Waals surface area contributed by atoms with E-state index in [2.05, 4.69) is 0 Å². The van der Waals surface area contributed by atoms with Crippen molar-refractivity contribution < 1.29 is 80.1 Å². The zero-order valence-electron chi connectivity index (χ0n) is 16.2. The lowest BCUT2D eigenvalue weighted by Gasteiger charge is -2.28. The van der Waals surface area contributed by atoms with Crippen LogP contribution in [0.1, 0.15) is 16.7 Å². The summed E-state index contributed by atoms with van der Waals surface area (Å²) in [4.78, 5) is 13.9. The average Bonchev–Trinajstić information content (AvgIpc) is 2.97. The number of alkyl halides is 16. The van der Waals surface area contributed by atoms with Crippen LogP contribution in [0.25, 0.3) is 5.76 Å². The maximum Gasteiger partial charge on any atom is 0.439 e. The van der Waals surface area contributed by atoms with Gasteiger partial charge in [0.1, 0.15) is 5.76 Å². The molecule has 0 spiro atoms. The largest absolute Gasteiger partial charge is 0.507 e. The van der Waals surface area contributed by atoms with Crippen molar-refractivity contribution in [1.29, 1.82) is 0 Å². The van der Waals surface area contributed by atoms with Gasteiger partial charge in [0, 0.05) is 17.6 Å². The van der Waals surface area contributed by atoms with E-state index in [0.717, 1.165) is 0 Å². The van der Waals surface area contributed by atoms with Gasteiger partial charge in [-0.05, 0) is 17.7 Å². The number of benzene rings is 1. The van der Waals surface area contributed by atoms with Crippen LogP contribution in [0, 0.1) is 0 Å². The summed E-state index contributed by atoms with van der Waals surface area (Å²) in [6.45, 7) is 0. The highest BCUT2D eigenvalue weighted by Crippen LogP contribution is 2.51. The van der Waals surface area contributed by atoms with Crippen LogP contribution in [-0.2, 0) is 17.4 Å². The van der Waals surface area contributed by atoms with E-state index in [1.165, 1.54) is 0 Å². The molecule has 36 heavy (non-hydrogen) atoms. The number of aliphatic imine (C=N–C) groups is 1. The minimum absolute atomic E-state index is 0.300. The summed E-state index contributed by atoms with van der Waals surface area (Å²) >= 11 is 0. The number of hydrogen-bond donors (Lipinski definition) is 1. The molecule has 0 heterocycles. The molecule has 0 radical (unpaired) electrons. The topological polar surface area (TPSA) is 49.7 Å². The highest BCUT2D eigenvalue weighted by atomic mass is 19.4. The Morgan fingerprint density at radius 1 is 0.750 bits per heavy atom. The third-order valence-electron chi connectivity index (χ3n) is 4.59. The Morgan fingerprint density at radius 2 is 1.19 bits per heavy atom. The molecule has 2 rings (SSSR count). The van der Waals surface area contributed by atoms with Gasteiger partial charge in [-0.2, -0.15) is 65.9 Å². The lowest BCUT2D eigenvalue weighted by atomic mass is 9.91. The normalized spacial score (nSPS) is 15.8. The smallest absolute Gasteiger partial charge is 0.439 e. The first-order valence-corrected chi connectivity index (χ1v) is 8.51. The molecule has 0 fully saturated rings. The third kappa shape index (κ3) is 4.95. The predicted molar refractivity (Wildman–Crippen MR) is 84.9 cm³/mol. The predicted octanol–water partition coefficient (Wildman–Crippen LogP) is 7.13. The van der Waals surface area contributed by atoms with E-state index >= 15 is 0 Å². The van der Waals surface area contributed by atoms with Gasteiger partial charge in [-0.1, -0.05) is 0 Å². The maximum atomic E-state index is 14.1. The lowest BCUT2D eigenvalue weighted by molar-refractivity contribution is -0.324. The van der Waals surface area contributed by atoms with Crippen molar-refractivity contribution in [2.45, 2.75) is 43.0 Å². The first-order valence-electron chi connectivity index (χ1n) is 8.51. The van der Waals surface area contributed by atoms with Crippen LogP contribution in [0.5, 0.6) is 0 Å². The fourth-order valence-corrected chi connectivity index (χ4v) is 2.96. The molecular weight excluding hydrogens is 554 g/mol. The number of rotatable bonds is 3. The third-order valence-corrected chi connectivity index (χ3v) is 4.59. The minimum atomic E-state index is -7.05. The van der Waals surface area contributed by atoms with Crippen molar-refractivity contribution in [3.63, 3.8) is 0 Å². The highest BCUT2D eigenvalue weighted by Gasteiger charge is 2.77. The minimum Gasteiger partial charge on any atom is -0.507 e. The van der Waals surface area contributed by atoms with Crippen LogP contribution in [0.4, 0.5) is 75.9 Å². The molecule has 19 heteroatoms. The van der Waals surface area contributed by atoms with Gasteiger partial charge in [0.15, 0.2) is 0 Å². The number of fused-ring (bicyclic) bond motifs is 1. The van der Waals surface area contributed by atoms with Crippen molar-refractivity contribution in [1.82, 2.24) is 0 Å². The lowest BCUT2D eigenvalue weighted by Crippen LogP contribution is -2.59. The summed E-state index contributed by atoms with van der Waals surface area (Å²) in [5, 5.41) is 9.87. The molecule has 0 unspecified atom stereocenters. The molecule has 1 aromatic carbocycles. The van der Waals surface area contributed by atoms with Gasteiger partial charge in [0.05, 0.1) is 11.3 Å². The summed E-state index contributed by atoms with van der Waals surface area (Å²) in [6.07, 6.45) is -34.4. The monoisotopic (exact) mass is 559 g/mol. The number of carbonyl (C=O) groups excluding carboxylic acids is 1. The molecule has 0 saturated heterocycles. The number of aliphatic hydroxyl groups is 1. The first-order chi connectivity index (χ1) is 15.7. The zero-order chi connectivity index (χ0) is 28.4. The molecule has 0 aliphatic heterocycles. The van der Waals surface area contributed by atoms with E-state index in [0.29, 0.717) is 0 Å². The van der Waals surface area contributed by atoms with E-state index in [9.17, 15) is 80.1 Å². The summed E-state index contributed by atoms with van der Waals surface area (Å²) in [6, 6.07) is -0.793. The fraction of sp³-hybridized carbons (Fsp3) is 0.412. The Labute approximate surface area is 186 Å². The molecule has 0 saturated carbocycles. The maximum absolute atomic E-state index is 14.1. The van der Waals surface area contributed by atoms with Crippen LogP contribution >= 0.6 is 0 Å². The Kier molecular flexibility index (Phi) is 6.70. The fourth-order valence-electron chi connectivity index (χ4n) is 2.96. The number of aliphatic hydroxyl groups excluding tert-OH is 1. The van der Waals surface area contributed by atoms with Crippen molar-refractivity contribution in [3.05, 3.63) is 34.4 Å². The summed E-state index contributed by atoms with van der Waals surface area (Å²) in [5.74, 6) is -5.78. The molecule has 0 atom stereocenters. The number of carbonyl (C=O) groups is 1. The molecule has 3 nitrogen and oxygen atoms in total. The van der Waals surface area contributed by atoms with Gasteiger partial charge < -0.3 is 5.11 Å². The Morgan fingerprint density at radius 3 is 1.56 bits per heavy atom. The van der Waals surface area contributed by atoms with Gasteiger partial charge >= 0.3 is 36.6 Å². The number of Topliss-reactive ketones (excluding diaryl/α,β-unsaturated/α-hetero) is 1. The molecule has 1 aliphatic carbocycles. The quantitative estimate of drug-likeness (QED) is 0.317. The first kappa shape index (κ1) is 29.2. The van der Waals surface area contributed by atoms with E-state index in [-0.39, 0.29) is 6.07 Å². The van der Waals surface area contributed by atoms with Crippen LogP contribution in [0.2, 0.25) is 0 Å². The van der Waals surface area contributed by atoms with E-state index in [1.807, 2.05) is 4.99 Å². The Hall–Kier alpha value is -3.02. The summed E-state index contributed by atoms with van der Waals surface area (Å²) < 4.78 is 207. The van der Waals surface area contributed by atoms with E-state index in [4.69, 9.17) is 0 Å². The van der Waals surface area contributed by atoms with Crippen LogP contribution < -0.4 is 0 Å². The number of halogens is 16.